The predicted octanol–water partition coefficient (Wildman–Crippen LogP) is 7.70. The molecule has 1 rings (SSSR count). The van der Waals surface area contributed by atoms with Crippen molar-refractivity contribution in [1.29, 1.82) is 0 Å². The summed E-state index contributed by atoms with van der Waals surface area (Å²) in [5.41, 5.74) is 1.49. The van der Waals surface area contributed by atoms with Crippen molar-refractivity contribution in [2.45, 2.75) is 91.5 Å². The van der Waals surface area contributed by atoms with Gasteiger partial charge in [-0.25, -0.2) is 0 Å². The van der Waals surface area contributed by atoms with Crippen molar-refractivity contribution >= 4 is 11.8 Å². The molecule has 0 aliphatic rings. The second-order valence-electron chi connectivity index (χ2n) is 8.14. The van der Waals surface area contributed by atoms with E-state index < -0.39 is 0 Å². The van der Waals surface area contributed by atoms with Gasteiger partial charge >= 0.3 is 0 Å². The smallest absolute Gasteiger partial charge is 0.104 e. The van der Waals surface area contributed by atoms with Gasteiger partial charge in [-0.1, -0.05) is 95.0 Å². The maximum atomic E-state index is 2.36. The normalized spacial score (nSPS) is 11.8. The Balaban J connectivity index is 2.05. The van der Waals surface area contributed by atoms with E-state index in [9.17, 15) is 0 Å². The summed E-state index contributed by atoms with van der Waals surface area (Å²) in [6.07, 6.45) is 14.4. The summed E-state index contributed by atoms with van der Waals surface area (Å²) in [6.45, 7) is 12.0. The monoisotopic (exact) mass is 392 g/mol. The van der Waals surface area contributed by atoms with Crippen LogP contribution in [0.2, 0.25) is 0 Å². The molecule has 27 heavy (non-hydrogen) atoms. The van der Waals surface area contributed by atoms with Crippen LogP contribution in [-0.2, 0) is 6.54 Å². The van der Waals surface area contributed by atoms with Crippen molar-refractivity contribution in [3.63, 3.8) is 0 Å². The Hall–Kier alpha value is -0.470. The molecule has 0 aromatic heterocycles. The van der Waals surface area contributed by atoms with Crippen LogP contribution in [0, 0.1) is 0 Å². The number of benzene rings is 1. The molecule has 0 atom stereocenters. The van der Waals surface area contributed by atoms with Crippen molar-refractivity contribution in [3.05, 3.63) is 35.9 Å². The molecule has 0 fully saturated rings. The first-order chi connectivity index (χ1) is 13.3. The number of rotatable bonds is 18. The first-order valence-corrected chi connectivity index (χ1v) is 12.9. The van der Waals surface area contributed by atoms with Crippen molar-refractivity contribution < 1.29 is 4.48 Å². The highest BCUT2D eigenvalue weighted by Crippen LogP contribution is 2.17. The lowest BCUT2D eigenvalue weighted by Gasteiger charge is -2.37. The molecule has 0 spiro atoms. The Morgan fingerprint density at radius 1 is 0.667 bits per heavy atom. The molecule has 0 aliphatic carbocycles. The zero-order chi connectivity index (χ0) is 19.6. The van der Waals surface area contributed by atoms with E-state index >= 15 is 0 Å². The van der Waals surface area contributed by atoms with Gasteiger partial charge in [0, 0.05) is 11.3 Å². The molecule has 0 amide bonds. The summed E-state index contributed by atoms with van der Waals surface area (Å²) in [5.74, 6) is 2.67. The first-order valence-electron chi connectivity index (χ1n) is 11.7. The van der Waals surface area contributed by atoms with E-state index in [2.05, 4.69) is 62.9 Å². The number of thioether (sulfide) groups is 1. The van der Waals surface area contributed by atoms with Crippen LogP contribution < -0.4 is 0 Å². The van der Waals surface area contributed by atoms with Gasteiger partial charge in [0.05, 0.1) is 19.6 Å². The quantitative estimate of drug-likeness (QED) is 0.182. The van der Waals surface area contributed by atoms with Crippen LogP contribution in [-0.4, -0.2) is 35.6 Å². The van der Waals surface area contributed by atoms with Gasteiger partial charge in [-0.05, 0) is 26.0 Å². The summed E-state index contributed by atoms with van der Waals surface area (Å²) < 4.78 is 1.23. The molecule has 1 aromatic rings. The molecule has 156 valence electrons. The third-order valence-corrected chi connectivity index (χ3v) is 7.10. The van der Waals surface area contributed by atoms with E-state index in [1.807, 2.05) is 0 Å². The molecule has 1 nitrogen and oxygen atoms in total. The predicted molar refractivity (Wildman–Crippen MR) is 126 cm³/mol. The second kappa shape index (κ2) is 16.5. The highest BCUT2D eigenvalue weighted by molar-refractivity contribution is 7.99. The summed E-state index contributed by atoms with van der Waals surface area (Å²) >= 11 is 2.18. The van der Waals surface area contributed by atoms with Crippen LogP contribution in [0.5, 0.6) is 0 Å². The Bertz CT molecular complexity index is 427. The maximum absolute atomic E-state index is 2.36. The van der Waals surface area contributed by atoms with E-state index in [4.69, 9.17) is 0 Å². The summed E-state index contributed by atoms with van der Waals surface area (Å²) in [7, 11) is 0. The number of unbranched alkanes of at least 4 members (excludes halogenated alkanes) is 9. The van der Waals surface area contributed by atoms with Crippen LogP contribution in [0.15, 0.2) is 30.3 Å². The fourth-order valence-electron chi connectivity index (χ4n) is 3.87. The van der Waals surface area contributed by atoms with Crippen LogP contribution in [0.25, 0.3) is 0 Å². The number of hydrogen-bond acceptors (Lipinski definition) is 1. The lowest BCUT2D eigenvalue weighted by atomic mass is 10.1. The molecule has 0 aliphatic heterocycles. The topological polar surface area (TPSA) is 0 Å². The van der Waals surface area contributed by atoms with Gasteiger partial charge in [-0.15, -0.1) is 0 Å². The molecule has 2 heteroatoms. The molecule has 1 aromatic carbocycles. The van der Waals surface area contributed by atoms with Gasteiger partial charge in [-0.2, -0.15) is 11.8 Å². The third kappa shape index (κ3) is 11.9. The van der Waals surface area contributed by atoms with E-state index in [0.29, 0.717) is 0 Å². The van der Waals surface area contributed by atoms with Gasteiger partial charge in [0.15, 0.2) is 0 Å². The highest BCUT2D eigenvalue weighted by Gasteiger charge is 2.23. The van der Waals surface area contributed by atoms with Crippen LogP contribution >= 0.6 is 11.8 Å². The van der Waals surface area contributed by atoms with Gasteiger partial charge in [0.25, 0.3) is 0 Å². The third-order valence-electron chi connectivity index (χ3n) is 6.05. The van der Waals surface area contributed by atoms with E-state index in [1.165, 1.54) is 112 Å². The number of quaternary nitrogens is 1. The molecule has 0 heterocycles. The fraction of sp³-hybridized carbons (Fsp3) is 0.760. The minimum Gasteiger partial charge on any atom is -0.320 e. The van der Waals surface area contributed by atoms with Crippen molar-refractivity contribution in [2.24, 2.45) is 0 Å². The van der Waals surface area contributed by atoms with E-state index in [1.54, 1.807) is 0 Å². The maximum Gasteiger partial charge on any atom is 0.104 e. The molecule has 0 saturated heterocycles. The fourth-order valence-corrected chi connectivity index (χ4v) is 4.99. The van der Waals surface area contributed by atoms with Gasteiger partial charge < -0.3 is 4.48 Å². The summed E-state index contributed by atoms with van der Waals surface area (Å²) in [4.78, 5) is 0. The Morgan fingerprint density at radius 2 is 1.22 bits per heavy atom. The lowest BCUT2D eigenvalue weighted by molar-refractivity contribution is -0.935. The molecule has 0 bridgehead atoms. The lowest BCUT2D eigenvalue weighted by Crippen LogP contribution is -2.48. The molecular formula is C25H46NS+. The number of nitrogens with zero attached hydrogens (tertiary/aromatic N) is 1. The Labute approximate surface area is 174 Å². The van der Waals surface area contributed by atoms with E-state index in [-0.39, 0.29) is 0 Å². The van der Waals surface area contributed by atoms with Crippen LogP contribution in [0.4, 0.5) is 0 Å². The zero-order valence-electron chi connectivity index (χ0n) is 18.6. The van der Waals surface area contributed by atoms with Crippen molar-refractivity contribution in [2.75, 3.05) is 31.1 Å². The minimum absolute atomic E-state index is 1.19. The summed E-state index contributed by atoms with van der Waals surface area (Å²) in [5, 5.41) is 0. The SMILES string of the molecule is CCCCCCCCCCCCSCC[N+](CC)(CC)Cc1ccccc1. The zero-order valence-corrected chi connectivity index (χ0v) is 19.4. The standard InChI is InChI=1S/C25H46NS/c1-4-7-8-9-10-11-12-13-14-18-22-27-23-21-26(5-2,6-3)24-25-19-16-15-17-20-25/h15-17,19-20H,4-14,18,21-24H2,1-3H3/q+1. The van der Waals surface area contributed by atoms with Crippen LogP contribution in [0.3, 0.4) is 0 Å². The number of hydrogen-bond donors (Lipinski definition) is 0. The van der Waals surface area contributed by atoms with Gasteiger partial charge in [0.2, 0.25) is 0 Å². The molecule has 0 saturated carbocycles. The van der Waals surface area contributed by atoms with E-state index in [0.717, 1.165) is 0 Å². The van der Waals surface area contributed by atoms with Crippen molar-refractivity contribution in [1.82, 2.24) is 0 Å². The Morgan fingerprint density at radius 3 is 1.78 bits per heavy atom. The molecule has 0 N–H and O–H groups in total. The van der Waals surface area contributed by atoms with Gasteiger partial charge in [-0.3, -0.25) is 0 Å². The van der Waals surface area contributed by atoms with Gasteiger partial charge in [0.1, 0.15) is 6.54 Å². The minimum atomic E-state index is 1.19. The molecule has 0 unspecified atom stereocenters. The molecule has 0 radical (unpaired) electrons. The average molecular weight is 393 g/mol. The largest absolute Gasteiger partial charge is 0.320 e. The Kier molecular flexibility index (Phi) is 15.0. The first kappa shape index (κ1) is 24.6. The second-order valence-corrected chi connectivity index (χ2v) is 9.36. The highest BCUT2D eigenvalue weighted by atomic mass is 32.2. The summed E-state index contributed by atoms with van der Waals surface area (Å²) in [6, 6.07) is 11.0. The average Bonchev–Trinajstić information content (AvgIpc) is 2.71. The van der Waals surface area contributed by atoms with Crippen molar-refractivity contribution in [3.8, 4) is 0 Å². The van der Waals surface area contributed by atoms with Crippen LogP contribution in [0.1, 0.15) is 90.5 Å². The molecular weight excluding hydrogens is 346 g/mol.